The second kappa shape index (κ2) is 8.37. The number of hydrogen-bond donors (Lipinski definition) is 1. The number of rotatable bonds is 6. The number of allylic oxidation sites excluding steroid dienone is 1. The van der Waals surface area contributed by atoms with Gasteiger partial charge in [-0.05, 0) is 50.1 Å². The number of H-pyrrole nitrogens is 1. The van der Waals surface area contributed by atoms with Gasteiger partial charge in [-0.3, -0.25) is 4.79 Å². The summed E-state index contributed by atoms with van der Waals surface area (Å²) in [6.45, 7) is 5.34. The first-order chi connectivity index (χ1) is 12.8. The topological polar surface area (TPSA) is 86.2 Å². The van der Waals surface area contributed by atoms with Crippen molar-refractivity contribution in [1.29, 1.82) is 5.26 Å². The molecular weight excluding hydrogens is 342 g/mol. The summed E-state index contributed by atoms with van der Waals surface area (Å²) in [6, 6.07) is 9.47. The number of hydrogen-bond acceptors (Lipinski definition) is 5. The molecule has 0 aliphatic carbocycles. The molecule has 0 bridgehead atoms. The van der Waals surface area contributed by atoms with E-state index in [1.165, 1.54) is 0 Å². The summed E-state index contributed by atoms with van der Waals surface area (Å²) < 4.78 is 5.04. The number of nitrogens with one attached hydrogen (secondary N) is 1. The summed E-state index contributed by atoms with van der Waals surface area (Å²) in [4.78, 5) is 29.8. The molecular formula is C21H23N3O3. The maximum atomic E-state index is 12.8. The van der Waals surface area contributed by atoms with E-state index in [0.717, 1.165) is 11.3 Å². The molecule has 0 aliphatic rings. The SMILES string of the molecule is CCOC(=O)c1c(C)[nH]c(C(=O)C(C#N)=Cc2ccc(N(C)C)cc2)c1C. The summed E-state index contributed by atoms with van der Waals surface area (Å²) in [5.74, 6) is -0.935. The number of ether oxygens (including phenoxy) is 1. The highest BCUT2D eigenvalue weighted by atomic mass is 16.5. The Morgan fingerprint density at radius 1 is 1.22 bits per heavy atom. The average molecular weight is 365 g/mol. The van der Waals surface area contributed by atoms with Gasteiger partial charge in [0.05, 0.1) is 17.9 Å². The molecule has 0 spiro atoms. The number of anilines is 1. The third kappa shape index (κ3) is 4.26. The molecule has 1 aromatic heterocycles. The Balaban J connectivity index is 2.39. The largest absolute Gasteiger partial charge is 0.462 e. The zero-order chi connectivity index (χ0) is 20.1. The van der Waals surface area contributed by atoms with Crippen molar-refractivity contribution in [3.05, 3.63) is 57.9 Å². The summed E-state index contributed by atoms with van der Waals surface area (Å²) in [5.41, 5.74) is 3.36. The van der Waals surface area contributed by atoms with Crippen molar-refractivity contribution in [1.82, 2.24) is 4.98 Å². The van der Waals surface area contributed by atoms with Crippen LogP contribution in [-0.2, 0) is 4.74 Å². The fourth-order valence-electron chi connectivity index (χ4n) is 2.81. The van der Waals surface area contributed by atoms with Gasteiger partial charge in [0.15, 0.2) is 0 Å². The normalized spacial score (nSPS) is 11.0. The number of esters is 1. The molecule has 2 rings (SSSR count). The van der Waals surface area contributed by atoms with Crippen LogP contribution in [0.15, 0.2) is 29.8 Å². The van der Waals surface area contributed by atoms with E-state index in [9.17, 15) is 14.9 Å². The number of nitrogens with zero attached hydrogens (tertiary/aromatic N) is 2. The molecule has 140 valence electrons. The lowest BCUT2D eigenvalue weighted by atomic mass is 10.0. The Morgan fingerprint density at radius 3 is 2.37 bits per heavy atom. The molecule has 1 N–H and O–H groups in total. The molecule has 6 nitrogen and oxygen atoms in total. The van der Waals surface area contributed by atoms with Crippen LogP contribution in [0.3, 0.4) is 0 Å². The lowest BCUT2D eigenvalue weighted by Gasteiger charge is -2.11. The number of carbonyl (C=O) groups is 2. The van der Waals surface area contributed by atoms with Crippen molar-refractivity contribution >= 4 is 23.5 Å². The zero-order valence-corrected chi connectivity index (χ0v) is 16.2. The van der Waals surface area contributed by atoms with E-state index in [2.05, 4.69) is 4.98 Å². The van der Waals surface area contributed by atoms with Crippen LogP contribution in [0.2, 0.25) is 0 Å². The first-order valence-corrected chi connectivity index (χ1v) is 8.60. The van der Waals surface area contributed by atoms with Crippen molar-refractivity contribution < 1.29 is 14.3 Å². The van der Waals surface area contributed by atoms with E-state index < -0.39 is 11.8 Å². The molecule has 0 amide bonds. The van der Waals surface area contributed by atoms with Gasteiger partial charge >= 0.3 is 5.97 Å². The standard InChI is InChI=1S/C21H23N3O3/c1-6-27-21(26)18-13(2)19(23-14(18)3)20(25)16(12-22)11-15-7-9-17(10-8-15)24(4)5/h7-11,23H,6H2,1-5H3. The van der Waals surface area contributed by atoms with Crippen molar-refractivity contribution in [2.45, 2.75) is 20.8 Å². The van der Waals surface area contributed by atoms with Gasteiger partial charge < -0.3 is 14.6 Å². The van der Waals surface area contributed by atoms with Gasteiger partial charge in [-0.25, -0.2) is 4.79 Å². The molecule has 0 atom stereocenters. The fraction of sp³-hybridized carbons (Fsp3) is 0.286. The number of aryl methyl sites for hydroxylation is 1. The average Bonchev–Trinajstić information content (AvgIpc) is 2.94. The second-order valence-corrected chi connectivity index (χ2v) is 6.33. The Hall–Kier alpha value is -3.33. The molecule has 6 heteroatoms. The molecule has 1 aromatic carbocycles. The molecule has 0 fully saturated rings. The van der Waals surface area contributed by atoms with Crippen LogP contribution in [0.5, 0.6) is 0 Å². The van der Waals surface area contributed by atoms with Crippen molar-refractivity contribution in [3.63, 3.8) is 0 Å². The predicted octanol–water partition coefficient (Wildman–Crippen LogP) is 3.66. The quantitative estimate of drug-likeness (QED) is 0.365. The van der Waals surface area contributed by atoms with Crippen LogP contribution < -0.4 is 4.90 Å². The minimum absolute atomic E-state index is 0.00707. The number of Topliss-reactive ketones (excluding diaryl/α,β-unsaturated/α-hetero) is 1. The van der Waals surface area contributed by atoms with Gasteiger partial charge in [0, 0.05) is 25.5 Å². The molecule has 0 radical (unpaired) electrons. The third-order valence-corrected chi connectivity index (χ3v) is 4.23. The molecule has 1 heterocycles. The number of benzene rings is 1. The highest BCUT2D eigenvalue weighted by Crippen LogP contribution is 2.23. The lowest BCUT2D eigenvalue weighted by molar-refractivity contribution is 0.0525. The first-order valence-electron chi connectivity index (χ1n) is 8.60. The Labute approximate surface area is 159 Å². The number of carbonyl (C=O) groups excluding carboxylic acids is 2. The summed E-state index contributed by atoms with van der Waals surface area (Å²) in [5, 5.41) is 9.47. The number of aromatic nitrogens is 1. The van der Waals surface area contributed by atoms with Crippen LogP contribution in [-0.4, -0.2) is 37.4 Å². The van der Waals surface area contributed by atoms with Gasteiger partial charge in [0.25, 0.3) is 0 Å². The van der Waals surface area contributed by atoms with Crippen LogP contribution in [0.4, 0.5) is 5.69 Å². The second-order valence-electron chi connectivity index (χ2n) is 6.33. The Kier molecular flexibility index (Phi) is 6.19. The van der Waals surface area contributed by atoms with E-state index in [1.807, 2.05) is 49.3 Å². The zero-order valence-electron chi connectivity index (χ0n) is 16.2. The smallest absolute Gasteiger partial charge is 0.340 e. The molecule has 27 heavy (non-hydrogen) atoms. The van der Waals surface area contributed by atoms with Gasteiger partial charge in [-0.15, -0.1) is 0 Å². The monoisotopic (exact) mass is 365 g/mol. The van der Waals surface area contributed by atoms with E-state index in [1.54, 1.807) is 26.8 Å². The summed E-state index contributed by atoms with van der Waals surface area (Å²) >= 11 is 0. The molecule has 0 unspecified atom stereocenters. The van der Waals surface area contributed by atoms with Gasteiger partial charge in [0.1, 0.15) is 11.6 Å². The van der Waals surface area contributed by atoms with Crippen LogP contribution >= 0.6 is 0 Å². The van der Waals surface area contributed by atoms with E-state index in [-0.39, 0.29) is 17.9 Å². The predicted molar refractivity (Wildman–Crippen MR) is 105 cm³/mol. The van der Waals surface area contributed by atoms with Crippen molar-refractivity contribution in [3.8, 4) is 6.07 Å². The fourth-order valence-corrected chi connectivity index (χ4v) is 2.81. The maximum absolute atomic E-state index is 12.8. The Bertz CT molecular complexity index is 929. The van der Waals surface area contributed by atoms with E-state index in [0.29, 0.717) is 16.8 Å². The van der Waals surface area contributed by atoms with Crippen LogP contribution in [0.25, 0.3) is 6.08 Å². The van der Waals surface area contributed by atoms with Crippen LogP contribution in [0, 0.1) is 25.2 Å². The van der Waals surface area contributed by atoms with Crippen molar-refractivity contribution in [2.75, 3.05) is 25.6 Å². The van der Waals surface area contributed by atoms with E-state index in [4.69, 9.17) is 4.74 Å². The summed E-state index contributed by atoms with van der Waals surface area (Å²) in [7, 11) is 3.87. The number of ketones is 1. The maximum Gasteiger partial charge on any atom is 0.340 e. The Morgan fingerprint density at radius 2 is 1.85 bits per heavy atom. The van der Waals surface area contributed by atoms with Gasteiger partial charge in [-0.2, -0.15) is 5.26 Å². The molecule has 0 saturated heterocycles. The van der Waals surface area contributed by atoms with Gasteiger partial charge in [-0.1, -0.05) is 12.1 Å². The molecule has 0 aliphatic heterocycles. The van der Waals surface area contributed by atoms with Crippen molar-refractivity contribution in [2.24, 2.45) is 0 Å². The minimum Gasteiger partial charge on any atom is -0.462 e. The number of nitriles is 1. The lowest BCUT2D eigenvalue weighted by Crippen LogP contribution is -2.08. The highest BCUT2D eigenvalue weighted by molar-refractivity contribution is 6.15. The summed E-state index contributed by atoms with van der Waals surface area (Å²) in [6.07, 6.45) is 1.54. The molecule has 0 saturated carbocycles. The van der Waals surface area contributed by atoms with E-state index >= 15 is 0 Å². The molecule has 2 aromatic rings. The first kappa shape index (κ1) is 20.0. The third-order valence-electron chi connectivity index (χ3n) is 4.23. The highest BCUT2D eigenvalue weighted by Gasteiger charge is 2.24. The van der Waals surface area contributed by atoms with Crippen LogP contribution in [0.1, 0.15) is 44.6 Å². The van der Waals surface area contributed by atoms with Gasteiger partial charge in [0.2, 0.25) is 5.78 Å². The minimum atomic E-state index is -0.482. The number of aromatic amines is 1.